The molecule has 0 aliphatic carbocycles. The number of alkyl halides is 4. The molecule has 0 aromatic heterocycles. The highest BCUT2D eigenvalue weighted by Gasteiger charge is 2.65. The molecule has 28 heavy (non-hydrogen) atoms. The molecule has 170 valence electrons. The summed E-state index contributed by atoms with van der Waals surface area (Å²) in [5, 5.41) is 0.810. The molecule has 0 bridgehead atoms. The van der Waals surface area contributed by atoms with E-state index >= 15 is 0 Å². The third-order valence-electron chi connectivity index (χ3n) is 5.00. The van der Waals surface area contributed by atoms with E-state index in [1.54, 1.807) is 27.7 Å². The maximum Gasteiger partial charge on any atom is 0.470 e. The summed E-state index contributed by atoms with van der Waals surface area (Å²) in [6.45, 7) is 6.60. The summed E-state index contributed by atoms with van der Waals surface area (Å²) in [7, 11) is -10.7. The van der Waals surface area contributed by atoms with Gasteiger partial charge < -0.3 is 28.7 Å². The lowest BCUT2D eigenvalue weighted by molar-refractivity contribution is -0.364. The van der Waals surface area contributed by atoms with Crippen molar-refractivity contribution in [1.82, 2.24) is 0 Å². The average Bonchev–Trinajstić information content (AvgIpc) is 2.59. The summed E-state index contributed by atoms with van der Waals surface area (Å²) >= 11 is 13.3. The van der Waals surface area contributed by atoms with Crippen LogP contribution in [0.2, 0.25) is 0 Å². The minimum absolute atomic E-state index is 0.195. The molecule has 2 N–H and O–H groups in total. The van der Waals surface area contributed by atoms with E-state index in [0.29, 0.717) is 0 Å². The first-order valence-corrected chi connectivity index (χ1v) is 15.8. The molecule has 4 unspecified atom stereocenters. The van der Waals surface area contributed by atoms with Crippen LogP contribution in [0.3, 0.4) is 0 Å². The zero-order valence-corrected chi connectivity index (χ0v) is 24.0. The zero-order chi connectivity index (χ0) is 22.6. The van der Waals surface area contributed by atoms with Gasteiger partial charge in [-0.15, -0.1) is 0 Å². The monoisotopic (exact) mass is 700 g/mol. The average molecular weight is 704 g/mol. The molecule has 0 saturated heterocycles. The van der Waals surface area contributed by atoms with Crippen molar-refractivity contribution in [2.75, 3.05) is 21.3 Å². The van der Waals surface area contributed by atoms with Crippen molar-refractivity contribution in [2.24, 2.45) is 23.7 Å². The Balaban J connectivity index is 7.41. The van der Waals surface area contributed by atoms with Crippen molar-refractivity contribution in [3.8, 4) is 0 Å². The molecule has 0 heterocycles. The molecule has 0 saturated carbocycles. The van der Waals surface area contributed by atoms with Crippen LogP contribution >= 0.6 is 79.4 Å². The number of phosphoric ester groups is 2. The van der Waals surface area contributed by atoms with Gasteiger partial charge in [0.25, 0.3) is 0 Å². The molecule has 0 spiro atoms. The van der Waals surface area contributed by atoms with E-state index in [4.69, 9.17) is 9.05 Å². The summed E-state index contributed by atoms with van der Waals surface area (Å²) < 4.78 is 34.6. The fraction of sp³-hybridized carbons (Fsp3) is 1.00. The predicted molar refractivity (Wildman–Crippen MR) is 119 cm³/mol. The first kappa shape index (κ1) is 30.1. The van der Waals surface area contributed by atoms with Gasteiger partial charge in [0.05, 0.1) is 7.82 Å². The molecule has 4 atom stereocenters. The lowest BCUT2D eigenvalue weighted by Gasteiger charge is -2.61. The van der Waals surface area contributed by atoms with Crippen LogP contribution in [0.1, 0.15) is 27.7 Å². The van der Waals surface area contributed by atoms with Gasteiger partial charge in [0.2, 0.25) is 0 Å². The number of halogens is 4. The van der Waals surface area contributed by atoms with E-state index in [1.165, 1.54) is 0 Å². The van der Waals surface area contributed by atoms with E-state index in [9.17, 15) is 28.7 Å². The van der Waals surface area contributed by atoms with Gasteiger partial charge in [-0.3, -0.25) is 4.52 Å². The van der Waals surface area contributed by atoms with E-state index < -0.39 is 50.5 Å². The molecule has 14 heteroatoms. The molecule has 0 aromatic carbocycles. The smallest absolute Gasteiger partial charge is 0.470 e. The quantitative estimate of drug-likeness (QED) is 0.220. The molecule has 0 fully saturated rings. The van der Waals surface area contributed by atoms with Gasteiger partial charge in [0.1, 0.15) is 11.2 Å². The second-order valence-electron chi connectivity index (χ2n) is 6.93. The SMILES string of the molecule is CC(CBr)C(OP(=O)([O-])[O-])(C(C)CBr)C(OP(=O)(O)O)(C(C)CBr)C(C)CBr. The van der Waals surface area contributed by atoms with Gasteiger partial charge in [-0.05, 0) is 23.7 Å². The highest BCUT2D eigenvalue weighted by Crippen LogP contribution is 2.61. The summed E-state index contributed by atoms with van der Waals surface area (Å²) in [5.74, 6) is -2.65. The third kappa shape index (κ3) is 6.82. The Labute approximate surface area is 199 Å². The molecule has 8 nitrogen and oxygen atoms in total. The van der Waals surface area contributed by atoms with Crippen molar-refractivity contribution >= 4 is 79.4 Å². The molecule has 0 aliphatic heterocycles. The molecule has 0 radical (unpaired) electrons. The molecular weight excluding hydrogens is 678 g/mol. The van der Waals surface area contributed by atoms with Crippen LogP contribution in [0.25, 0.3) is 0 Å². The molecular formula is C14H26Br4O8P2-2. The van der Waals surface area contributed by atoms with Crippen molar-refractivity contribution in [1.29, 1.82) is 0 Å². The van der Waals surface area contributed by atoms with E-state index in [2.05, 4.69) is 63.7 Å². The van der Waals surface area contributed by atoms with Crippen LogP contribution in [-0.2, 0) is 18.2 Å². The van der Waals surface area contributed by atoms with Gasteiger partial charge >= 0.3 is 7.82 Å². The highest BCUT2D eigenvalue weighted by molar-refractivity contribution is 9.09. The number of phosphoric acid groups is 2. The van der Waals surface area contributed by atoms with Crippen LogP contribution < -0.4 is 9.79 Å². The van der Waals surface area contributed by atoms with Crippen molar-refractivity contribution < 1.29 is 37.8 Å². The van der Waals surface area contributed by atoms with Gasteiger partial charge in [0.15, 0.2) is 0 Å². The van der Waals surface area contributed by atoms with E-state index in [-0.39, 0.29) is 21.3 Å². The Hall–Kier alpha value is 2.14. The Morgan fingerprint density at radius 1 is 0.750 bits per heavy atom. The van der Waals surface area contributed by atoms with Crippen molar-refractivity contribution in [3.63, 3.8) is 0 Å². The van der Waals surface area contributed by atoms with Crippen LogP contribution in [0.15, 0.2) is 0 Å². The summed E-state index contributed by atoms with van der Waals surface area (Å²) in [5.41, 5.74) is -3.73. The second-order valence-corrected chi connectivity index (χ2v) is 11.8. The minimum atomic E-state index is -5.59. The highest BCUT2D eigenvalue weighted by atomic mass is 79.9. The Bertz CT molecular complexity index is 514. The number of hydrogen-bond acceptors (Lipinski definition) is 6. The Morgan fingerprint density at radius 2 is 1.00 bits per heavy atom. The fourth-order valence-corrected chi connectivity index (χ4v) is 7.55. The largest absolute Gasteiger partial charge is 0.790 e. The summed E-state index contributed by atoms with van der Waals surface area (Å²) in [6.07, 6.45) is 0. The maximum absolute atomic E-state index is 12.1. The molecule has 0 aliphatic rings. The van der Waals surface area contributed by atoms with Gasteiger partial charge in [-0.1, -0.05) is 91.4 Å². The molecule has 0 amide bonds. The number of hydrogen-bond donors (Lipinski definition) is 2. The van der Waals surface area contributed by atoms with Crippen LogP contribution in [0.5, 0.6) is 0 Å². The normalized spacial score (nSPS) is 22.0. The lowest BCUT2D eigenvalue weighted by Crippen LogP contribution is -2.71. The Morgan fingerprint density at radius 3 is 1.18 bits per heavy atom. The zero-order valence-electron chi connectivity index (χ0n) is 15.9. The summed E-state index contributed by atoms with van der Waals surface area (Å²) in [4.78, 5) is 43.3. The first-order valence-electron chi connectivity index (χ1n) is 8.32. The Kier molecular flexibility index (Phi) is 12.7. The lowest BCUT2D eigenvalue weighted by atomic mass is 9.60. The summed E-state index contributed by atoms with van der Waals surface area (Å²) in [6, 6.07) is 0. The first-order chi connectivity index (χ1) is 12.6. The topological polar surface area (TPSA) is 139 Å². The minimum Gasteiger partial charge on any atom is -0.790 e. The van der Waals surface area contributed by atoms with Crippen molar-refractivity contribution in [3.05, 3.63) is 0 Å². The fourth-order valence-electron chi connectivity index (χ4n) is 3.85. The maximum atomic E-state index is 12.1. The molecule has 0 aromatic rings. The van der Waals surface area contributed by atoms with Gasteiger partial charge in [0, 0.05) is 21.3 Å². The van der Waals surface area contributed by atoms with Gasteiger partial charge in [-0.25, -0.2) is 4.57 Å². The van der Waals surface area contributed by atoms with E-state index in [1.807, 2.05) is 0 Å². The van der Waals surface area contributed by atoms with Crippen molar-refractivity contribution in [2.45, 2.75) is 38.9 Å². The van der Waals surface area contributed by atoms with E-state index in [0.717, 1.165) is 0 Å². The van der Waals surface area contributed by atoms with Crippen LogP contribution in [0.4, 0.5) is 0 Å². The molecule has 0 rings (SSSR count). The second kappa shape index (κ2) is 11.8. The van der Waals surface area contributed by atoms with Crippen LogP contribution in [-0.4, -0.2) is 42.3 Å². The van der Waals surface area contributed by atoms with Crippen LogP contribution in [0, 0.1) is 23.7 Å². The third-order valence-corrected chi connectivity index (χ3v) is 9.95. The van der Waals surface area contributed by atoms with Gasteiger partial charge in [-0.2, -0.15) is 0 Å². The predicted octanol–water partition coefficient (Wildman–Crippen LogP) is 3.54. The standard InChI is InChI=1S/C14H28Br4O8P2/c1-9(5-15)13(10(2)6-16,25-27(19,20)21)14(11(3)7-17,12(4)8-18)26-28(22,23)24/h9-12H,5-8H2,1-4H3,(H2,19,20,21)(H2,22,23,24)/p-2. The number of rotatable bonds is 13.